The van der Waals surface area contributed by atoms with Gasteiger partial charge in [0.2, 0.25) is 23.4 Å². The second kappa shape index (κ2) is 12.6. The van der Waals surface area contributed by atoms with Crippen LogP contribution in [0.1, 0.15) is 12.0 Å². The smallest absolute Gasteiger partial charge is 0.244 e. The number of nitrogens with one attached hydrogen (secondary N) is 1. The second-order valence-electron chi connectivity index (χ2n) is 11.5. The highest BCUT2D eigenvalue weighted by Crippen LogP contribution is 2.54. The molecule has 6 rings (SSSR count). The Bertz CT molecular complexity index is 1970. The highest BCUT2D eigenvalue weighted by molar-refractivity contribution is 5.91. The topological polar surface area (TPSA) is 249 Å². The Labute approximate surface area is 270 Å². The minimum absolute atomic E-state index is 0.0154. The van der Waals surface area contributed by atoms with Crippen LogP contribution >= 0.6 is 0 Å². The van der Waals surface area contributed by atoms with Crippen molar-refractivity contribution >= 4 is 23.0 Å². The van der Waals surface area contributed by atoms with Crippen molar-refractivity contribution in [1.82, 2.24) is 5.32 Å². The molecule has 5 atom stereocenters. The number of aliphatic hydroxyl groups excluding tert-OH is 1. The van der Waals surface area contributed by atoms with Crippen LogP contribution in [0.4, 0.5) is 0 Å². The van der Waals surface area contributed by atoms with Crippen LogP contribution in [0, 0.1) is 5.92 Å². The third kappa shape index (κ3) is 6.26. The molecule has 1 aliphatic carbocycles. The SMILES string of the molecule is O=C(/C=C/c1ccc(O)c(O)c1)NCCOCC1OC(Oc2c(-c3ccc(O)c(O)c3)oc3cc(O)cc(O)c3c2=O)C2(O)CC2C1O. The van der Waals surface area contributed by atoms with E-state index in [1.165, 1.54) is 36.4 Å². The van der Waals surface area contributed by atoms with Gasteiger partial charge in [0.05, 0.1) is 19.3 Å². The maximum atomic E-state index is 13.7. The molecular weight excluding hydrogens is 634 g/mol. The molecule has 0 radical (unpaired) electrons. The van der Waals surface area contributed by atoms with Gasteiger partial charge in [-0.2, -0.15) is 0 Å². The largest absolute Gasteiger partial charge is 0.508 e. The van der Waals surface area contributed by atoms with Crippen LogP contribution in [-0.2, 0) is 14.3 Å². The molecule has 15 nitrogen and oxygen atoms in total. The number of carbonyl (C=O) groups is 1. The lowest BCUT2D eigenvalue weighted by atomic mass is 10.0. The molecule has 2 aliphatic rings. The van der Waals surface area contributed by atoms with Gasteiger partial charge in [-0.05, 0) is 48.4 Å². The predicted octanol–water partition coefficient (Wildman–Crippen LogP) is 1.76. The molecule has 2 heterocycles. The van der Waals surface area contributed by atoms with Crippen molar-refractivity contribution in [2.45, 2.75) is 30.5 Å². The molecule has 1 aromatic heterocycles. The fourth-order valence-electron chi connectivity index (χ4n) is 5.52. The molecule has 252 valence electrons. The van der Waals surface area contributed by atoms with Crippen molar-refractivity contribution in [2.24, 2.45) is 5.92 Å². The standard InChI is InChI=1S/C33H31NO14/c35-17-11-23(40)27-24(12-17)46-30(16-3-5-20(37)22(39)10-16)31(29(27)43)48-32-33(44)13-18(33)28(42)25(47-32)14-45-8-7-34-26(41)6-2-15-1-4-19(36)21(38)9-15/h1-6,9-12,18,25,28,32,35-40,42,44H,7-8,13-14H2,(H,34,41)/b6-2+. The Hall–Kier alpha value is -5.48. The van der Waals surface area contributed by atoms with E-state index < -0.39 is 70.1 Å². The zero-order valence-corrected chi connectivity index (χ0v) is 24.9. The first kappa shape index (κ1) is 32.5. The molecule has 15 heteroatoms. The van der Waals surface area contributed by atoms with Gasteiger partial charge in [-0.15, -0.1) is 0 Å². The number of benzene rings is 3. The number of hydrogen-bond donors (Lipinski definition) is 9. The van der Waals surface area contributed by atoms with Gasteiger partial charge in [0.1, 0.15) is 34.2 Å². The van der Waals surface area contributed by atoms with Crippen LogP contribution in [0.5, 0.6) is 40.2 Å². The number of aliphatic hydroxyl groups is 2. The molecule has 2 fully saturated rings. The minimum Gasteiger partial charge on any atom is -0.508 e. The maximum Gasteiger partial charge on any atom is 0.244 e. The number of amides is 1. The lowest BCUT2D eigenvalue weighted by Gasteiger charge is -2.36. The number of fused-ring (bicyclic) bond motifs is 2. The van der Waals surface area contributed by atoms with Crippen molar-refractivity contribution in [3.63, 3.8) is 0 Å². The first-order chi connectivity index (χ1) is 22.9. The van der Waals surface area contributed by atoms with Crippen LogP contribution in [0.25, 0.3) is 28.4 Å². The van der Waals surface area contributed by atoms with E-state index in [2.05, 4.69) is 5.32 Å². The predicted molar refractivity (Wildman–Crippen MR) is 166 cm³/mol. The summed E-state index contributed by atoms with van der Waals surface area (Å²) >= 11 is 0. The monoisotopic (exact) mass is 665 g/mol. The molecule has 0 bridgehead atoms. The highest BCUT2D eigenvalue weighted by atomic mass is 16.7. The molecule has 1 aliphatic heterocycles. The number of aromatic hydroxyl groups is 6. The summed E-state index contributed by atoms with van der Waals surface area (Å²) in [6, 6.07) is 9.67. The molecule has 3 aromatic carbocycles. The Morgan fingerprint density at radius 2 is 1.69 bits per heavy atom. The third-order valence-electron chi connectivity index (χ3n) is 8.16. The van der Waals surface area contributed by atoms with Crippen molar-refractivity contribution in [2.75, 3.05) is 19.8 Å². The number of carbonyl (C=O) groups excluding carboxylic acids is 1. The molecular formula is C33H31NO14. The van der Waals surface area contributed by atoms with Gasteiger partial charge in [-0.25, -0.2) is 0 Å². The van der Waals surface area contributed by atoms with E-state index >= 15 is 0 Å². The van der Waals surface area contributed by atoms with E-state index in [-0.39, 0.29) is 60.0 Å². The molecule has 9 N–H and O–H groups in total. The summed E-state index contributed by atoms with van der Waals surface area (Å²) in [5.74, 6) is -4.56. The molecule has 1 amide bonds. The number of phenols is 6. The van der Waals surface area contributed by atoms with Gasteiger partial charge in [0.15, 0.2) is 28.8 Å². The van der Waals surface area contributed by atoms with E-state index in [4.69, 9.17) is 18.6 Å². The van der Waals surface area contributed by atoms with E-state index in [0.717, 1.165) is 24.3 Å². The number of hydrogen-bond acceptors (Lipinski definition) is 14. The Balaban J connectivity index is 1.15. The fourth-order valence-corrected chi connectivity index (χ4v) is 5.52. The van der Waals surface area contributed by atoms with Gasteiger partial charge in [-0.3, -0.25) is 9.59 Å². The summed E-state index contributed by atoms with van der Waals surface area (Å²) in [6.45, 7) is -0.0845. The average molecular weight is 666 g/mol. The number of phenolic OH excluding ortho intramolecular Hbond substituents is 6. The van der Waals surface area contributed by atoms with Crippen LogP contribution in [0.3, 0.4) is 0 Å². The first-order valence-corrected chi connectivity index (χ1v) is 14.7. The first-order valence-electron chi connectivity index (χ1n) is 14.7. The average Bonchev–Trinajstić information content (AvgIpc) is 3.75. The zero-order valence-electron chi connectivity index (χ0n) is 24.9. The molecule has 0 spiro atoms. The van der Waals surface area contributed by atoms with Gasteiger partial charge in [0.25, 0.3) is 0 Å². The molecule has 1 saturated heterocycles. The van der Waals surface area contributed by atoms with Crippen molar-refractivity contribution in [3.8, 4) is 51.6 Å². The lowest BCUT2D eigenvalue weighted by Crippen LogP contribution is -2.53. The molecule has 1 saturated carbocycles. The number of rotatable bonds is 10. The summed E-state index contributed by atoms with van der Waals surface area (Å²) in [7, 11) is 0. The van der Waals surface area contributed by atoms with Crippen molar-refractivity contribution < 1.29 is 64.3 Å². The molecule has 5 unspecified atom stereocenters. The van der Waals surface area contributed by atoms with Gasteiger partial charge >= 0.3 is 0 Å². The summed E-state index contributed by atoms with van der Waals surface area (Å²) in [6.07, 6.45) is -0.982. The quantitative estimate of drug-likeness (QED) is 0.0665. The lowest BCUT2D eigenvalue weighted by molar-refractivity contribution is -0.249. The molecule has 4 aromatic rings. The van der Waals surface area contributed by atoms with E-state index in [9.17, 15) is 50.4 Å². The zero-order chi connectivity index (χ0) is 34.3. The Morgan fingerprint density at radius 3 is 2.42 bits per heavy atom. The summed E-state index contributed by atoms with van der Waals surface area (Å²) in [4.78, 5) is 25.8. The van der Waals surface area contributed by atoms with Crippen molar-refractivity contribution in [1.29, 1.82) is 0 Å². The van der Waals surface area contributed by atoms with Crippen LogP contribution in [-0.4, -0.2) is 90.6 Å². The second-order valence-corrected chi connectivity index (χ2v) is 11.5. The normalized spacial score (nSPS) is 23.2. The Morgan fingerprint density at radius 1 is 0.958 bits per heavy atom. The minimum atomic E-state index is -1.70. The fraction of sp³-hybridized carbons (Fsp3) is 0.273. The highest BCUT2D eigenvalue weighted by Gasteiger charge is 2.68. The third-order valence-corrected chi connectivity index (χ3v) is 8.16. The summed E-state index contributed by atoms with van der Waals surface area (Å²) in [5, 5.41) is 83.5. The van der Waals surface area contributed by atoms with Gasteiger partial charge in [0, 0.05) is 36.2 Å². The van der Waals surface area contributed by atoms with E-state index in [1.54, 1.807) is 0 Å². The van der Waals surface area contributed by atoms with Crippen LogP contribution in [0.15, 0.2) is 63.8 Å². The summed E-state index contributed by atoms with van der Waals surface area (Å²) < 4.78 is 23.3. The Kier molecular flexibility index (Phi) is 8.53. The van der Waals surface area contributed by atoms with Gasteiger partial charge in [-0.1, -0.05) is 6.07 Å². The van der Waals surface area contributed by atoms with E-state index in [0.29, 0.717) is 5.56 Å². The van der Waals surface area contributed by atoms with Crippen LogP contribution < -0.4 is 15.5 Å². The van der Waals surface area contributed by atoms with Crippen molar-refractivity contribution in [3.05, 3.63) is 70.4 Å². The maximum absolute atomic E-state index is 13.7. The summed E-state index contributed by atoms with van der Waals surface area (Å²) in [5.41, 5.74) is -2.26. The van der Waals surface area contributed by atoms with Crippen LogP contribution in [0.2, 0.25) is 0 Å². The number of ether oxygens (including phenoxy) is 3. The van der Waals surface area contributed by atoms with E-state index in [1.807, 2.05) is 0 Å². The molecule has 48 heavy (non-hydrogen) atoms. The van der Waals surface area contributed by atoms with Gasteiger partial charge < -0.3 is 64.8 Å².